The lowest BCUT2D eigenvalue weighted by Crippen LogP contribution is -2.03. The summed E-state index contributed by atoms with van der Waals surface area (Å²) in [4.78, 5) is 0. The van der Waals surface area contributed by atoms with Gasteiger partial charge in [0.2, 0.25) is 0 Å². The first-order valence-corrected chi connectivity index (χ1v) is 7.90. The Morgan fingerprint density at radius 2 is 1.55 bits per heavy atom. The minimum Gasteiger partial charge on any atom is -0.204 e. The largest absolute Gasteiger partial charge is 0.204 e. The summed E-state index contributed by atoms with van der Waals surface area (Å²) in [6.45, 7) is 2.03. The summed E-state index contributed by atoms with van der Waals surface area (Å²) in [5.41, 5.74) is 4.67. The van der Waals surface area contributed by atoms with E-state index in [-0.39, 0.29) is 0 Å². The Kier molecular flexibility index (Phi) is 4.37. The molecule has 0 nitrogen and oxygen atoms in total. The molecule has 2 aromatic rings. The van der Waals surface area contributed by atoms with Gasteiger partial charge in [-0.25, -0.2) is 8.78 Å². The van der Waals surface area contributed by atoms with Gasteiger partial charge in [-0.05, 0) is 49.8 Å². The zero-order valence-corrected chi connectivity index (χ0v) is 12.8. The minimum absolute atomic E-state index is 0.390. The second-order valence-corrected chi connectivity index (χ2v) is 6.01. The van der Waals surface area contributed by atoms with Gasteiger partial charge >= 0.3 is 0 Å². The third-order valence-electron chi connectivity index (χ3n) is 4.37. The SMILES string of the molecule is Cc1ccc(C(=C2CCCCC2)c2cccc(F)c2F)cc1. The molecule has 0 bridgehead atoms. The summed E-state index contributed by atoms with van der Waals surface area (Å²) in [5, 5.41) is 0. The van der Waals surface area contributed by atoms with Crippen molar-refractivity contribution in [3.63, 3.8) is 0 Å². The zero-order chi connectivity index (χ0) is 15.5. The highest BCUT2D eigenvalue weighted by Crippen LogP contribution is 2.36. The highest BCUT2D eigenvalue weighted by Gasteiger charge is 2.19. The fourth-order valence-corrected chi connectivity index (χ4v) is 3.20. The first kappa shape index (κ1) is 15.0. The van der Waals surface area contributed by atoms with Crippen LogP contribution in [0.2, 0.25) is 0 Å². The van der Waals surface area contributed by atoms with Gasteiger partial charge in [0.05, 0.1) is 0 Å². The number of rotatable bonds is 2. The normalized spacial score (nSPS) is 15.0. The van der Waals surface area contributed by atoms with Crippen molar-refractivity contribution in [3.05, 3.63) is 76.4 Å². The van der Waals surface area contributed by atoms with Crippen LogP contribution in [-0.2, 0) is 0 Å². The van der Waals surface area contributed by atoms with Crippen molar-refractivity contribution in [1.82, 2.24) is 0 Å². The van der Waals surface area contributed by atoms with E-state index in [4.69, 9.17) is 0 Å². The molecule has 0 saturated heterocycles. The molecule has 1 saturated carbocycles. The van der Waals surface area contributed by atoms with Gasteiger partial charge in [0.15, 0.2) is 11.6 Å². The van der Waals surface area contributed by atoms with Gasteiger partial charge < -0.3 is 0 Å². The van der Waals surface area contributed by atoms with E-state index in [1.165, 1.54) is 18.1 Å². The summed E-state index contributed by atoms with van der Waals surface area (Å²) in [6, 6.07) is 12.5. The topological polar surface area (TPSA) is 0 Å². The Morgan fingerprint density at radius 3 is 2.23 bits per heavy atom. The van der Waals surface area contributed by atoms with Crippen LogP contribution >= 0.6 is 0 Å². The minimum atomic E-state index is -0.779. The molecule has 22 heavy (non-hydrogen) atoms. The molecule has 2 aromatic carbocycles. The molecule has 2 heteroatoms. The fraction of sp³-hybridized carbons (Fsp3) is 0.300. The van der Waals surface area contributed by atoms with E-state index in [2.05, 4.69) is 0 Å². The second-order valence-electron chi connectivity index (χ2n) is 6.01. The van der Waals surface area contributed by atoms with Gasteiger partial charge in [0.25, 0.3) is 0 Å². The Hall–Kier alpha value is -1.96. The summed E-state index contributed by atoms with van der Waals surface area (Å²) in [6.07, 6.45) is 5.41. The van der Waals surface area contributed by atoms with E-state index in [1.54, 1.807) is 12.1 Å². The third kappa shape index (κ3) is 2.96. The molecule has 0 amide bonds. The average Bonchev–Trinajstić information content (AvgIpc) is 2.54. The van der Waals surface area contributed by atoms with Crippen molar-refractivity contribution in [2.75, 3.05) is 0 Å². The van der Waals surface area contributed by atoms with Crippen molar-refractivity contribution in [1.29, 1.82) is 0 Å². The molecule has 1 fully saturated rings. The van der Waals surface area contributed by atoms with E-state index < -0.39 is 11.6 Å². The molecule has 0 heterocycles. The van der Waals surface area contributed by atoms with Crippen molar-refractivity contribution >= 4 is 5.57 Å². The monoisotopic (exact) mass is 298 g/mol. The highest BCUT2D eigenvalue weighted by atomic mass is 19.2. The van der Waals surface area contributed by atoms with Crippen molar-refractivity contribution in [2.45, 2.75) is 39.0 Å². The Bertz CT molecular complexity index is 688. The van der Waals surface area contributed by atoms with Crippen molar-refractivity contribution < 1.29 is 8.78 Å². The summed E-state index contributed by atoms with van der Waals surface area (Å²) < 4.78 is 28.1. The van der Waals surface area contributed by atoms with Crippen LogP contribution in [0.15, 0.2) is 48.0 Å². The standard InChI is InChI=1S/C20H20F2/c1-14-10-12-16(13-11-14)19(15-6-3-2-4-7-15)17-8-5-9-18(21)20(17)22/h5,8-13H,2-4,6-7H2,1H3. The third-order valence-corrected chi connectivity index (χ3v) is 4.37. The molecular formula is C20H20F2. The van der Waals surface area contributed by atoms with Gasteiger partial charge in [0.1, 0.15) is 0 Å². The first-order chi connectivity index (χ1) is 10.7. The molecule has 0 spiro atoms. The molecule has 3 rings (SSSR count). The quantitative estimate of drug-likeness (QED) is 0.634. The molecular weight excluding hydrogens is 278 g/mol. The van der Waals surface area contributed by atoms with Crippen LogP contribution < -0.4 is 0 Å². The number of hydrogen-bond donors (Lipinski definition) is 0. The summed E-state index contributed by atoms with van der Waals surface area (Å²) in [7, 11) is 0. The Labute approximate surface area is 130 Å². The first-order valence-electron chi connectivity index (χ1n) is 7.90. The van der Waals surface area contributed by atoms with Crippen LogP contribution in [0.3, 0.4) is 0 Å². The van der Waals surface area contributed by atoms with E-state index in [0.717, 1.165) is 42.4 Å². The van der Waals surface area contributed by atoms with Gasteiger partial charge in [-0.3, -0.25) is 0 Å². The van der Waals surface area contributed by atoms with Crippen LogP contribution in [0.25, 0.3) is 5.57 Å². The van der Waals surface area contributed by atoms with Crippen LogP contribution in [0.4, 0.5) is 8.78 Å². The number of aryl methyl sites for hydroxylation is 1. The highest BCUT2D eigenvalue weighted by molar-refractivity contribution is 5.82. The maximum Gasteiger partial charge on any atom is 0.166 e. The van der Waals surface area contributed by atoms with Gasteiger partial charge in [-0.2, -0.15) is 0 Å². The molecule has 0 aliphatic heterocycles. The molecule has 1 aliphatic carbocycles. The number of allylic oxidation sites excluding steroid dienone is 1. The van der Waals surface area contributed by atoms with Crippen LogP contribution in [0, 0.1) is 18.6 Å². The Morgan fingerprint density at radius 1 is 0.864 bits per heavy atom. The molecule has 114 valence electrons. The molecule has 1 aliphatic rings. The summed E-state index contributed by atoms with van der Waals surface area (Å²) >= 11 is 0. The maximum absolute atomic E-state index is 14.4. The Balaban J connectivity index is 2.19. The molecule has 0 atom stereocenters. The van der Waals surface area contributed by atoms with Gasteiger partial charge in [0, 0.05) is 5.56 Å². The smallest absolute Gasteiger partial charge is 0.166 e. The number of halogens is 2. The average molecular weight is 298 g/mol. The molecule has 0 N–H and O–H groups in total. The number of benzene rings is 2. The summed E-state index contributed by atoms with van der Waals surface area (Å²) in [5.74, 6) is -1.52. The zero-order valence-electron chi connectivity index (χ0n) is 12.8. The van der Waals surface area contributed by atoms with Gasteiger partial charge in [-0.15, -0.1) is 0 Å². The molecule has 0 unspecified atom stereocenters. The van der Waals surface area contributed by atoms with Crippen molar-refractivity contribution in [2.24, 2.45) is 0 Å². The van der Waals surface area contributed by atoms with Crippen LogP contribution in [0.1, 0.15) is 48.8 Å². The second kappa shape index (κ2) is 6.43. The predicted octanol–water partition coefficient (Wildman–Crippen LogP) is 6.04. The lowest BCUT2D eigenvalue weighted by Gasteiger charge is -2.21. The molecule has 0 radical (unpaired) electrons. The number of hydrogen-bond acceptors (Lipinski definition) is 0. The lowest BCUT2D eigenvalue weighted by molar-refractivity contribution is 0.506. The molecule has 0 aromatic heterocycles. The maximum atomic E-state index is 14.4. The van der Waals surface area contributed by atoms with Gasteiger partial charge in [-0.1, -0.05) is 54.0 Å². The van der Waals surface area contributed by atoms with E-state index in [0.29, 0.717) is 5.56 Å². The lowest BCUT2D eigenvalue weighted by atomic mass is 9.84. The van der Waals surface area contributed by atoms with E-state index in [1.807, 2.05) is 31.2 Å². The van der Waals surface area contributed by atoms with E-state index in [9.17, 15) is 8.78 Å². The van der Waals surface area contributed by atoms with E-state index >= 15 is 0 Å². The fourth-order valence-electron chi connectivity index (χ4n) is 3.20. The van der Waals surface area contributed by atoms with Crippen LogP contribution in [0.5, 0.6) is 0 Å². The predicted molar refractivity (Wildman–Crippen MR) is 86.6 cm³/mol. The van der Waals surface area contributed by atoms with Crippen molar-refractivity contribution in [3.8, 4) is 0 Å². The van der Waals surface area contributed by atoms with Crippen LogP contribution in [-0.4, -0.2) is 0 Å².